The monoisotopic (exact) mass is 348 g/mol. The smallest absolute Gasteiger partial charge is 0.407 e. The summed E-state index contributed by atoms with van der Waals surface area (Å²) in [5.41, 5.74) is 0.143. The standard InChI is InChI=1S/C19H28N2O4/c1-19(2,3)25-18(23)20-12-11-17(22)21-14-7-6-10-16(13-14)24-15-8-4-5-9-15/h6-7,10,13,15H,4-5,8-9,11-12H2,1-3H3,(H,20,23)(H,21,22). The number of benzene rings is 1. The van der Waals surface area contributed by atoms with Gasteiger partial charge in [0.1, 0.15) is 11.4 Å². The number of alkyl carbamates (subject to hydrolysis) is 1. The lowest BCUT2D eigenvalue weighted by molar-refractivity contribution is -0.116. The molecule has 1 aliphatic rings. The van der Waals surface area contributed by atoms with Crippen LogP contribution in [0.3, 0.4) is 0 Å². The van der Waals surface area contributed by atoms with Crippen LogP contribution in [0.2, 0.25) is 0 Å². The third kappa shape index (κ3) is 7.45. The molecule has 1 saturated carbocycles. The van der Waals surface area contributed by atoms with Crippen molar-refractivity contribution in [3.8, 4) is 5.75 Å². The van der Waals surface area contributed by atoms with Gasteiger partial charge in [-0.2, -0.15) is 0 Å². The molecule has 2 rings (SSSR count). The van der Waals surface area contributed by atoms with Crippen molar-refractivity contribution >= 4 is 17.7 Å². The molecule has 25 heavy (non-hydrogen) atoms. The molecule has 1 aliphatic carbocycles. The lowest BCUT2D eigenvalue weighted by Crippen LogP contribution is -2.34. The zero-order valence-corrected chi connectivity index (χ0v) is 15.3. The van der Waals surface area contributed by atoms with E-state index in [-0.39, 0.29) is 25.0 Å². The van der Waals surface area contributed by atoms with E-state index >= 15 is 0 Å². The second-order valence-corrected chi connectivity index (χ2v) is 7.28. The molecule has 1 aromatic rings. The highest BCUT2D eigenvalue weighted by atomic mass is 16.6. The fraction of sp³-hybridized carbons (Fsp3) is 0.579. The molecule has 0 atom stereocenters. The van der Waals surface area contributed by atoms with E-state index < -0.39 is 11.7 Å². The summed E-state index contributed by atoms with van der Waals surface area (Å²) in [6.45, 7) is 5.60. The van der Waals surface area contributed by atoms with Gasteiger partial charge in [0.15, 0.2) is 0 Å². The van der Waals surface area contributed by atoms with E-state index in [2.05, 4.69) is 10.6 Å². The van der Waals surface area contributed by atoms with Gasteiger partial charge >= 0.3 is 6.09 Å². The minimum atomic E-state index is -0.550. The fourth-order valence-electron chi connectivity index (χ4n) is 2.66. The number of amides is 2. The van der Waals surface area contributed by atoms with Gasteiger partial charge in [-0.05, 0) is 58.6 Å². The van der Waals surface area contributed by atoms with Crippen molar-refractivity contribution in [2.45, 2.75) is 64.6 Å². The molecule has 6 nitrogen and oxygen atoms in total. The predicted octanol–water partition coefficient (Wildman–Crippen LogP) is 3.86. The number of anilines is 1. The number of carbonyl (C=O) groups excluding carboxylic acids is 2. The molecule has 0 bridgehead atoms. The maximum absolute atomic E-state index is 12.0. The highest BCUT2D eigenvalue weighted by Crippen LogP contribution is 2.25. The zero-order valence-electron chi connectivity index (χ0n) is 15.3. The molecule has 1 fully saturated rings. The minimum absolute atomic E-state index is 0.172. The number of nitrogens with one attached hydrogen (secondary N) is 2. The van der Waals surface area contributed by atoms with Crippen LogP contribution in [0.4, 0.5) is 10.5 Å². The second kappa shape index (κ2) is 8.74. The molecule has 0 unspecified atom stereocenters. The summed E-state index contributed by atoms with van der Waals surface area (Å²) < 4.78 is 11.1. The summed E-state index contributed by atoms with van der Waals surface area (Å²) in [6.07, 6.45) is 4.54. The second-order valence-electron chi connectivity index (χ2n) is 7.28. The van der Waals surface area contributed by atoms with Gasteiger partial charge in [0.25, 0.3) is 0 Å². The lowest BCUT2D eigenvalue weighted by atomic mass is 10.2. The first-order valence-electron chi connectivity index (χ1n) is 8.85. The molecule has 6 heteroatoms. The van der Waals surface area contributed by atoms with Crippen LogP contribution in [0.1, 0.15) is 52.9 Å². The van der Waals surface area contributed by atoms with Gasteiger partial charge in [-0.1, -0.05) is 6.07 Å². The highest BCUT2D eigenvalue weighted by Gasteiger charge is 2.17. The summed E-state index contributed by atoms with van der Waals surface area (Å²) in [7, 11) is 0. The quantitative estimate of drug-likeness (QED) is 0.818. The van der Waals surface area contributed by atoms with Gasteiger partial charge in [0.05, 0.1) is 6.10 Å². The largest absolute Gasteiger partial charge is 0.490 e. The van der Waals surface area contributed by atoms with Gasteiger partial charge in [0.2, 0.25) is 5.91 Å². The highest BCUT2D eigenvalue weighted by molar-refractivity contribution is 5.91. The summed E-state index contributed by atoms with van der Waals surface area (Å²) in [5, 5.41) is 5.39. The van der Waals surface area contributed by atoms with Crippen molar-refractivity contribution in [2.24, 2.45) is 0 Å². The SMILES string of the molecule is CC(C)(C)OC(=O)NCCC(=O)Nc1cccc(OC2CCCC2)c1. The fourth-order valence-corrected chi connectivity index (χ4v) is 2.66. The van der Waals surface area contributed by atoms with E-state index in [0.29, 0.717) is 5.69 Å². The van der Waals surface area contributed by atoms with Crippen molar-refractivity contribution in [1.29, 1.82) is 0 Å². The van der Waals surface area contributed by atoms with Crippen LogP contribution in [0.25, 0.3) is 0 Å². The molecular weight excluding hydrogens is 320 g/mol. The van der Waals surface area contributed by atoms with Crippen molar-refractivity contribution < 1.29 is 19.1 Å². The van der Waals surface area contributed by atoms with Crippen molar-refractivity contribution in [3.05, 3.63) is 24.3 Å². The Bertz CT molecular complexity index is 589. The van der Waals surface area contributed by atoms with E-state index in [1.165, 1.54) is 12.8 Å². The van der Waals surface area contributed by atoms with Gasteiger partial charge in [0, 0.05) is 24.7 Å². The summed E-state index contributed by atoms with van der Waals surface area (Å²) in [4.78, 5) is 23.5. The molecule has 0 aliphatic heterocycles. The Kier molecular flexibility index (Phi) is 6.67. The van der Waals surface area contributed by atoms with Crippen molar-refractivity contribution in [1.82, 2.24) is 5.32 Å². The van der Waals surface area contributed by atoms with Gasteiger partial charge in [-0.3, -0.25) is 4.79 Å². The number of carbonyl (C=O) groups is 2. The van der Waals surface area contributed by atoms with Crippen LogP contribution in [-0.2, 0) is 9.53 Å². The average Bonchev–Trinajstić information content (AvgIpc) is 2.98. The molecule has 0 radical (unpaired) electrons. The Hall–Kier alpha value is -2.24. The van der Waals surface area contributed by atoms with E-state index in [1.807, 2.05) is 24.3 Å². The first-order valence-corrected chi connectivity index (χ1v) is 8.85. The van der Waals surface area contributed by atoms with Gasteiger partial charge < -0.3 is 20.1 Å². The Morgan fingerprint density at radius 1 is 1.20 bits per heavy atom. The Morgan fingerprint density at radius 3 is 2.60 bits per heavy atom. The van der Waals surface area contributed by atoms with E-state index in [0.717, 1.165) is 18.6 Å². The van der Waals surface area contributed by atoms with Gasteiger partial charge in [-0.25, -0.2) is 4.79 Å². The maximum atomic E-state index is 12.0. The molecular formula is C19H28N2O4. The average molecular weight is 348 g/mol. The normalized spacial score (nSPS) is 14.8. The Morgan fingerprint density at radius 2 is 1.92 bits per heavy atom. The predicted molar refractivity (Wildman–Crippen MR) is 96.8 cm³/mol. The number of rotatable bonds is 6. The third-order valence-corrected chi connectivity index (χ3v) is 3.74. The lowest BCUT2D eigenvalue weighted by Gasteiger charge is -2.19. The van der Waals surface area contributed by atoms with E-state index in [1.54, 1.807) is 20.8 Å². The van der Waals surface area contributed by atoms with Crippen molar-refractivity contribution in [2.75, 3.05) is 11.9 Å². The number of hydrogen-bond donors (Lipinski definition) is 2. The van der Waals surface area contributed by atoms with Crippen LogP contribution < -0.4 is 15.4 Å². The Balaban J connectivity index is 1.73. The summed E-state index contributed by atoms with van der Waals surface area (Å²) in [6, 6.07) is 7.41. The van der Waals surface area contributed by atoms with Crippen LogP contribution in [0, 0.1) is 0 Å². The first-order chi connectivity index (χ1) is 11.8. The molecule has 138 valence electrons. The Labute approximate surface area is 149 Å². The third-order valence-electron chi connectivity index (χ3n) is 3.74. The molecule has 0 aromatic heterocycles. The summed E-state index contributed by atoms with van der Waals surface area (Å²) in [5.74, 6) is 0.602. The molecule has 0 spiro atoms. The molecule has 2 amide bonds. The summed E-state index contributed by atoms with van der Waals surface area (Å²) >= 11 is 0. The van der Waals surface area contributed by atoms with Gasteiger partial charge in [-0.15, -0.1) is 0 Å². The van der Waals surface area contributed by atoms with Crippen LogP contribution in [0.5, 0.6) is 5.75 Å². The van der Waals surface area contributed by atoms with E-state index in [9.17, 15) is 9.59 Å². The molecule has 0 heterocycles. The van der Waals surface area contributed by atoms with Crippen LogP contribution in [0.15, 0.2) is 24.3 Å². The number of ether oxygens (including phenoxy) is 2. The first kappa shape index (κ1) is 19.1. The van der Waals surface area contributed by atoms with E-state index in [4.69, 9.17) is 9.47 Å². The van der Waals surface area contributed by atoms with Crippen LogP contribution >= 0.6 is 0 Å². The minimum Gasteiger partial charge on any atom is -0.490 e. The maximum Gasteiger partial charge on any atom is 0.407 e. The van der Waals surface area contributed by atoms with Crippen molar-refractivity contribution in [3.63, 3.8) is 0 Å². The van der Waals surface area contributed by atoms with Crippen LogP contribution in [-0.4, -0.2) is 30.3 Å². The molecule has 0 saturated heterocycles. The molecule has 1 aromatic carbocycles. The zero-order chi connectivity index (χ0) is 18.3. The topological polar surface area (TPSA) is 76.7 Å². The molecule has 2 N–H and O–H groups in total. The number of hydrogen-bond acceptors (Lipinski definition) is 4.